The van der Waals surface area contributed by atoms with Gasteiger partial charge in [-0.25, -0.2) is 0 Å². The normalized spacial score (nSPS) is 34.7. The van der Waals surface area contributed by atoms with E-state index in [2.05, 4.69) is 10.2 Å². The molecule has 0 radical (unpaired) electrons. The molecule has 2 nitrogen and oxygen atoms in total. The average Bonchev–Trinajstić information content (AvgIpc) is 2.47. The Hall–Kier alpha value is -0.0800. The van der Waals surface area contributed by atoms with Crippen molar-refractivity contribution in [2.75, 3.05) is 32.7 Å². The van der Waals surface area contributed by atoms with E-state index < -0.39 is 0 Å². The fourth-order valence-corrected chi connectivity index (χ4v) is 4.72. The van der Waals surface area contributed by atoms with E-state index in [-0.39, 0.29) is 0 Å². The summed E-state index contributed by atoms with van der Waals surface area (Å²) < 4.78 is 0. The van der Waals surface area contributed by atoms with Gasteiger partial charge in [0.25, 0.3) is 0 Å². The Labute approximate surface area is 119 Å². The van der Waals surface area contributed by atoms with Gasteiger partial charge in [0.2, 0.25) is 0 Å². The molecule has 3 aliphatic rings. The second-order valence-corrected chi connectivity index (χ2v) is 7.45. The van der Waals surface area contributed by atoms with Crippen LogP contribution in [0, 0.1) is 11.3 Å². The predicted octanol–water partition coefficient (Wildman–Crippen LogP) is 3.42. The summed E-state index contributed by atoms with van der Waals surface area (Å²) in [5.41, 5.74) is 0.642. The first-order chi connectivity index (χ1) is 9.36. The zero-order valence-corrected chi connectivity index (χ0v) is 12.6. The van der Waals surface area contributed by atoms with Gasteiger partial charge in [-0.2, -0.15) is 0 Å². The highest BCUT2D eigenvalue weighted by Crippen LogP contribution is 2.36. The molecule has 19 heavy (non-hydrogen) atoms. The molecule has 0 amide bonds. The summed E-state index contributed by atoms with van der Waals surface area (Å²) in [6.45, 7) is 6.67. The summed E-state index contributed by atoms with van der Waals surface area (Å²) in [5, 5.41) is 3.64. The van der Waals surface area contributed by atoms with Crippen LogP contribution in [-0.4, -0.2) is 37.6 Å². The van der Waals surface area contributed by atoms with Gasteiger partial charge in [0.1, 0.15) is 0 Å². The summed E-state index contributed by atoms with van der Waals surface area (Å²) in [5.74, 6) is 1.05. The van der Waals surface area contributed by atoms with Crippen molar-refractivity contribution in [1.82, 2.24) is 10.2 Å². The Morgan fingerprint density at radius 1 is 1.00 bits per heavy atom. The van der Waals surface area contributed by atoms with Crippen LogP contribution >= 0.6 is 0 Å². The Morgan fingerprint density at radius 3 is 2.63 bits per heavy atom. The van der Waals surface area contributed by atoms with Crippen LogP contribution in [0.3, 0.4) is 0 Å². The van der Waals surface area contributed by atoms with E-state index in [1.165, 1.54) is 96.9 Å². The molecule has 1 spiro atoms. The maximum atomic E-state index is 3.64. The predicted molar refractivity (Wildman–Crippen MR) is 81.4 cm³/mol. The minimum absolute atomic E-state index is 0.642. The van der Waals surface area contributed by atoms with Crippen LogP contribution in [0.5, 0.6) is 0 Å². The lowest BCUT2D eigenvalue weighted by atomic mass is 9.74. The zero-order chi connectivity index (χ0) is 13.0. The lowest BCUT2D eigenvalue weighted by Crippen LogP contribution is -2.51. The fraction of sp³-hybridized carbons (Fsp3) is 1.00. The minimum atomic E-state index is 0.642. The van der Waals surface area contributed by atoms with Gasteiger partial charge in [0.15, 0.2) is 0 Å². The zero-order valence-electron chi connectivity index (χ0n) is 12.6. The largest absolute Gasteiger partial charge is 0.316 e. The van der Waals surface area contributed by atoms with Gasteiger partial charge in [-0.3, -0.25) is 0 Å². The molecule has 0 aromatic heterocycles. The van der Waals surface area contributed by atoms with Crippen molar-refractivity contribution in [2.24, 2.45) is 11.3 Å². The number of nitrogens with one attached hydrogen (secondary N) is 1. The van der Waals surface area contributed by atoms with Crippen molar-refractivity contribution in [1.29, 1.82) is 0 Å². The number of piperidine rings is 2. The summed E-state index contributed by atoms with van der Waals surface area (Å²) >= 11 is 0. The minimum Gasteiger partial charge on any atom is -0.316 e. The maximum absolute atomic E-state index is 3.64. The van der Waals surface area contributed by atoms with E-state index in [1.807, 2.05) is 0 Å². The standard InChI is InChI=1S/C17H32N2/c1-2-6-16(7-3-1)8-13-19-12-5-10-17(15-19)9-4-11-18-14-17/h16,18H,1-15H2. The number of likely N-dealkylation sites (tertiary alicyclic amines) is 1. The van der Waals surface area contributed by atoms with Crippen molar-refractivity contribution in [3.8, 4) is 0 Å². The number of hydrogen-bond acceptors (Lipinski definition) is 2. The van der Waals surface area contributed by atoms with Crippen LogP contribution in [0.15, 0.2) is 0 Å². The SMILES string of the molecule is C1CCC(CCN2CCCC3(CCCNC3)C2)CC1. The first-order valence-electron chi connectivity index (χ1n) is 8.79. The monoisotopic (exact) mass is 264 g/mol. The van der Waals surface area contributed by atoms with Crippen LogP contribution in [-0.2, 0) is 0 Å². The third kappa shape index (κ3) is 3.72. The Balaban J connectivity index is 1.45. The fourth-order valence-electron chi connectivity index (χ4n) is 4.72. The second-order valence-electron chi connectivity index (χ2n) is 7.45. The van der Waals surface area contributed by atoms with Gasteiger partial charge in [-0.1, -0.05) is 32.1 Å². The van der Waals surface area contributed by atoms with E-state index in [1.54, 1.807) is 0 Å². The maximum Gasteiger partial charge on any atom is 0.00502 e. The summed E-state index contributed by atoms with van der Waals surface area (Å²) in [6.07, 6.45) is 14.8. The molecule has 1 unspecified atom stereocenters. The Kier molecular flexibility index (Phi) is 4.81. The Morgan fingerprint density at radius 2 is 1.84 bits per heavy atom. The first kappa shape index (κ1) is 13.9. The van der Waals surface area contributed by atoms with Crippen molar-refractivity contribution < 1.29 is 0 Å². The number of nitrogens with zero attached hydrogens (tertiary/aromatic N) is 1. The highest BCUT2D eigenvalue weighted by Gasteiger charge is 2.36. The van der Waals surface area contributed by atoms with Crippen LogP contribution in [0.2, 0.25) is 0 Å². The van der Waals surface area contributed by atoms with Gasteiger partial charge in [0, 0.05) is 13.1 Å². The molecule has 1 atom stereocenters. The third-order valence-corrected chi connectivity index (χ3v) is 5.88. The molecule has 0 bridgehead atoms. The lowest BCUT2D eigenvalue weighted by molar-refractivity contribution is 0.0598. The molecule has 2 heteroatoms. The van der Waals surface area contributed by atoms with Crippen molar-refractivity contribution in [3.63, 3.8) is 0 Å². The molecule has 1 N–H and O–H groups in total. The molecular formula is C17H32N2. The summed E-state index contributed by atoms with van der Waals surface area (Å²) in [4.78, 5) is 2.80. The molecule has 3 fully saturated rings. The van der Waals surface area contributed by atoms with Crippen molar-refractivity contribution >= 4 is 0 Å². The van der Waals surface area contributed by atoms with Crippen LogP contribution < -0.4 is 5.32 Å². The molecule has 0 aromatic rings. The summed E-state index contributed by atoms with van der Waals surface area (Å²) in [7, 11) is 0. The highest BCUT2D eigenvalue weighted by molar-refractivity contribution is 4.91. The van der Waals surface area contributed by atoms with Gasteiger partial charge >= 0.3 is 0 Å². The number of rotatable bonds is 3. The second kappa shape index (κ2) is 6.58. The van der Waals surface area contributed by atoms with Gasteiger partial charge in [-0.05, 0) is 63.1 Å². The quantitative estimate of drug-likeness (QED) is 0.840. The van der Waals surface area contributed by atoms with E-state index in [0.29, 0.717) is 5.41 Å². The van der Waals surface area contributed by atoms with E-state index in [0.717, 1.165) is 5.92 Å². The molecule has 110 valence electrons. The molecular weight excluding hydrogens is 232 g/mol. The average molecular weight is 264 g/mol. The number of hydrogen-bond donors (Lipinski definition) is 1. The smallest absolute Gasteiger partial charge is 0.00502 e. The van der Waals surface area contributed by atoms with E-state index in [9.17, 15) is 0 Å². The Bertz CT molecular complexity index is 259. The molecule has 2 saturated heterocycles. The van der Waals surface area contributed by atoms with Gasteiger partial charge in [0.05, 0.1) is 0 Å². The van der Waals surface area contributed by atoms with Gasteiger partial charge < -0.3 is 10.2 Å². The molecule has 1 saturated carbocycles. The molecule has 3 rings (SSSR count). The first-order valence-corrected chi connectivity index (χ1v) is 8.79. The van der Waals surface area contributed by atoms with E-state index >= 15 is 0 Å². The molecule has 0 aromatic carbocycles. The summed E-state index contributed by atoms with van der Waals surface area (Å²) in [6, 6.07) is 0. The topological polar surface area (TPSA) is 15.3 Å². The van der Waals surface area contributed by atoms with Crippen LogP contribution in [0.1, 0.15) is 64.2 Å². The van der Waals surface area contributed by atoms with Crippen molar-refractivity contribution in [2.45, 2.75) is 64.2 Å². The molecule has 1 aliphatic carbocycles. The highest BCUT2D eigenvalue weighted by atomic mass is 15.1. The van der Waals surface area contributed by atoms with Crippen LogP contribution in [0.25, 0.3) is 0 Å². The van der Waals surface area contributed by atoms with Crippen molar-refractivity contribution in [3.05, 3.63) is 0 Å². The van der Waals surface area contributed by atoms with Crippen LogP contribution in [0.4, 0.5) is 0 Å². The molecule has 2 heterocycles. The van der Waals surface area contributed by atoms with Gasteiger partial charge in [-0.15, -0.1) is 0 Å². The third-order valence-electron chi connectivity index (χ3n) is 5.88. The molecule has 2 aliphatic heterocycles. The van der Waals surface area contributed by atoms with E-state index in [4.69, 9.17) is 0 Å². The lowest BCUT2D eigenvalue weighted by Gasteiger charge is -2.45.